The fourth-order valence-corrected chi connectivity index (χ4v) is 7.18. The third kappa shape index (κ3) is 9.72. The summed E-state index contributed by atoms with van der Waals surface area (Å²) >= 11 is 0. The first-order chi connectivity index (χ1) is 26.8. The van der Waals surface area contributed by atoms with Gasteiger partial charge in [0.05, 0.1) is 6.54 Å². The van der Waals surface area contributed by atoms with Crippen LogP contribution in [0, 0.1) is 18.8 Å². The maximum atomic E-state index is 14.5. The predicted molar refractivity (Wildman–Crippen MR) is 207 cm³/mol. The van der Waals surface area contributed by atoms with Gasteiger partial charge in [-0.2, -0.15) is 5.21 Å². The molecule has 5 N–H and O–H groups in total. The molecule has 1 aliphatic heterocycles. The van der Waals surface area contributed by atoms with Gasteiger partial charge in [-0.3, -0.25) is 29.1 Å². The molecule has 0 bridgehead atoms. The number of aromatic amines is 1. The summed E-state index contributed by atoms with van der Waals surface area (Å²) in [4.78, 5) is 72.3. The molecule has 5 amide bonds. The third-order valence-electron chi connectivity index (χ3n) is 10.1. The highest BCUT2D eigenvalue weighted by atomic mass is 16.6. The second-order valence-electron chi connectivity index (χ2n) is 15.4. The molecule has 2 fully saturated rings. The molecule has 1 saturated carbocycles. The molecular weight excluding hydrogens is 717 g/mol. The van der Waals surface area contributed by atoms with Crippen molar-refractivity contribution in [1.29, 1.82) is 0 Å². The lowest BCUT2D eigenvalue weighted by Gasteiger charge is -2.36. The number of carbonyl (C=O) groups excluding carboxylic acids is 5. The molecule has 16 heteroatoms. The van der Waals surface area contributed by atoms with Gasteiger partial charge >= 0.3 is 6.09 Å². The summed E-state index contributed by atoms with van der Waals surface area (Å²) in [5, 5.41) is 19.7. The van der Waals surface area contributed by atoms with E-state index in [0.29, 0.717) is 49.6 Å². The molecule has 1 atom stereocenters. The Balaban J connectivity index is 1.18. The lowest BCUT2D eigenvalue weighted by Crippen LogP contribution is -2.52. The van der Waals surface area contributed by atoms with Gasteiger partial charge < -0.3 is 26.0 Å². The van der Waals surface area contributed by atoms with Crippen molar-refractivity contribution in [3.63, 3.8) is 0 Å². The molecule has 0 unspecified atom stereocenters. The van der Waals surface area contributed by atoms with Crippen LogP contribution >= 0.6 is 0 Å². The molecule has 1 saturated heterocycles. The lowest BCUT2D eigenvalue weighted by atomic mass is 9.81. The van der Waals surface area contributed by atoms with Crippen LogP contribution in [0.1, 0.15) is 68.1 Å². The minimum Gasteiger partial charge on any atom is -0.444 e. The number of aromatic nitrogens is 5. The molecule has 1 aliphatic carbocycles. The highest BCUT2D eigenvalue weighted by Crippen LogP contribution is 2.33. The number of benzene rings is 2. The number of piperazine rings is 1. The minimum atomic E-state index is -0.999. The SMILES string of the molecule is Cc1cc(C(=O)N2CCNC(=O)C2)ncc1-c1ccc(C[C@@H](C(N)=O)N(C(=O)C2CCC(CNC(=O)OC(C)(C)C)CC2)c2ccc(-c3nn[nH]n3)cc2)cc1. The van der Waals surface area contributed by atoms with Crippen molar-refractivity contribution in [2.24, 2.45) is 17.6 Å². The number of carbonyl (C=O) groups is 5. The van der Waals surface area contributed by atoms with Crippen LogP contribution in [0.15, 0.2) is 60.8 Å². The van der Waals surface area contributed by atoms with Crippen LogP contribution in [-0.4, -0.2) is 98.1 Å². The van der Waals surface area contributed by atoms with E-state index in [9.17, 15) is 24.0 Å². The van der Waals surface area contributed by atoms with Gasteiger partial charge in [-0.25, -0.2) is 4.79 Å². The second kappa shape index (κ2) is 17.1. The Kier molecular flexibility index (Phi) is 12.1. The number of alkyl carbamates (subject to hydrolysis) is 1. The van der Waals surface area contributed by atoms with Gasteiger partial charge in [-0.1, -0.05) is 24.3 Å². The van der Waals surface area contributed by atoms with E-state index < -0.39 is 23.6 Å². The molecule has 2 aromatic carbocycles. The number of amides is 5. The molecule has 294 valence electrons. The zero-order chi connectivity index (χ0) is 40.0. The maximum absolute atomic E-state index is 14.5. The van der Waals surface area contributed by atoms with Gasteiger partial charge in [0.15, 0.2) is 0 Å². The topological polar surface area (TPSA) is 218 Å². The average Bonchev–Trinajstić information content (AvgIpc) is 3.72. The molecule has 0 spiro atoms. The number of rotatable bonds is 11. The first-order valence-corrected chi connectivity index (χ1v) is 18.8. The van der Waals surface area contributed by atoms with Crippen LogP contribution in [0.2, 0.25) is 0 Å². The number of tetrazole rings is 1. The van der Waals surface area contributed by atoms with Gasteiger partial charge in [0.2, 0.25) is 23.5 Å². The zero-order valence-corrected chi connectivity index (χ0v) is 32.1. The van der Waals surface area contributed by atoms with E-state index in [1.165, 1.54) is 9.80 Å². The summed E-state index contributed by atoms with van der Waals surface area (Å²) in [7, 11) is 0. The summed E-state index contributed by atoms with van der Waals surface area (Å²) < 4.78 is 5.37. The smallest absolute Gasteiger partial charge is 0.407 e. The molecule has 4 aromatic rings. The highest BCUT2D eigenvalue weighted by Gasteiger charge is 2.36. The molecule has 2 aromatic heterocycles. The Labute approximate surface area is 324 Å². The van der Waals surface area contributed by atoms with Crippen molar-refractivity contribution < 1.29 is 28.7 Å². The number of hydrogen-bond acceptors (Lipinski definition) is 10. The van der Waals surface area contributed by atoms with E-state index in [1.807, 2.05) is 52.0 Å². The maximum Gasteiger partial charge on any atom is 0.407 e. The van der Waals surface area contributed by atoms with Crippen LogP contribution in [0.5, 0.6) is 0 Å². The van der Waals surface area contributed by atoms with Crippen LogP contribution < -0.4 is 21.3 Å². The van der Waals surface area contributed by atoms with Crippen molar-refractivity contribution >= 4 is 35.4 Å². The zero-order valence-electron chi connectivity index (χ0n) is 32.1. The van der Waals surface area contributed by atoms with Crippen molar-refractivity contribution in [1.82, 2.24) is 41.1 Å². The van der Waals surface area contributed by atoms with E-state index in [1.54, 1.807) is 36.5 Å². The Morgan fingerprint density at radius 1 is 1.02 bits per heavy atom. The molecule has 3 heterocycles. The van der Waals surface area contributed by atoms with E-state index in [2.05, 4.69) is 36.2 Å². The summed E-state index contributed by atoms with van der Waals surface area (Å²) in [5.41, 5.74) is 10.3. The van der Waals surface area contributed by atoms with Crippen molar-refractivity contribution in [3.05, 3.63) is 77.6 Å². The van der Waals surface area contributed by atoms with E-state index in [-0.39, 0.29) is 48.2 Å². The first-order valence-electron chi connectivity index (χ1n) is 18.8. The van der Waals surface area contributed by atoms with Crippen molar-refractivity contribution in [3.8, 4) is 22.5 Å². The minimum absolute atomic E-state index is 0.000116. The molecular formula is C40H48N10O6. The third-order valence-corrected chi connectivity index (χ3v) is 10.1. The van der Waals surface area contributed by atoms with Gasteiger partial charge in [0.1, 0.15) is 17.3 Å². The quantitative estimate of drug-likeness (QED) is 0.174. The Hall–Kier alpha value is -6.19. The van der Waals surface area contributed by atoms with Crippen LogP contribution in [0.4, 0.5) is 10.5 Å². The molecule has 2 aliphatic rings. The number of nitrogens with zero attached hydrogens (tertiary/aromatic N) is 6. The largest absolute Gasteiger partial charge is 0.444 e. The van der Waals surface area contributed by atoms with Crippen LogP contribution in [-0.2, 0) is 25.5 Å². The summed E-state index contributed by atoms with van der Waals surface area (Å²) in [6.45, 7) is 8.61. The average molecular weight is 765 g/mol. The molecule has 6 rings (SSSR count). The summed E-state index contributed by atoms with van der Waals surface area (Å²) in [6.07, 6.45) is 3.96. The number of nitrogens with two attached hydrogens (primary N) is 1. The Morgan fingerprint density at radius 3 is 2.32 bits per heavy atom. The number of hydrogen-bond donors (Lipinski definition) is 4. The standard InChI is InChI=1S/C40H48N10O6/c1-24-19-32(38(54)49-18-17-42-34(51)23-49)43-22-31(24)27-9-5-25(6-10-27)20-33(35(41)52)50(30-15-13-28(14-16-30)36-45-47-48-46-36)37(53)29-11-7-26(8-12-29)21-44-39(55)56-40(2,3)4/h5-6,9-10,13-16,19,22,26,29,33H,7-8,11-12,17-18,20-21,23H2,1-4H3,(H2,41,52)(H,42,51)(H,44,55)(H,45,46,47,48)/t26?,29?,33-/m0/s1. The van der Waals surface area contributed by atoms with Gasteiger partial charge in [0, 0.05) is 55.0 Å². The first kappa shape index (κ1) is 39.5. The predicted octanol–water partition coefficient (Wildman–Crippen LogP) is 3.57. The summed E-state index contributed by atoms with van der Waals surface area (Å²) in [5.74, 6) is -1.11. The Morgan fingerprint density at radius 2 is 1.71 bits per heavy atom. The van der Waals surface area contributed by atoms with Gasteiger partial charge in [-0.15, -0.1) is 10.2 Å². The number of aryl methyl sites for hydroxylation is 1. The van der Waals surface area contributed by atoms with Crippen molar-refractivity contribution in [2.45, 2.75) is 71.4 Å². The number of primary amides is 1. The Bertz CT molecular complexity index is 2040. The highest BCUT2D eigenvalue weighted by molar-refractivity contribution is 6.02. The van der Waals surface area contributed by atoms with Crippen LogP contribution in [0.25, 0.3) is 22.5 Å². The number of nitrogens with one attached hydrogen (secondary N) is 3. The second-order valence-corrected chi connectivity index (χ2v) is 15.4. The number of H-pyrrole nitrogens is 1. The fraction of sp³-hybridized carbons (Fsp3) is 0.425. The van der Waals surface area contributed by atoms with E-state index in [0.717, 1.165) is 35.1 Å². The monoisotopic (exact) mass is 764 g/mol. The molecule has 16 nitrogen and oxygen atoms in total. The normalized spacial score (nSPS) is 17.7. The van der Waals surface area contributed by atoms with E-state index >= 15 is 0 Å². The van der Waals surface area contributed by atoms with Gasteiger partial charge in [0.25, 0.3) is 5.91 Å². The number of anilines is 1. The lowest BCUT2D eigenvalue weighted by molar-refractivity contribution is -0.127. The van der Waals surface area contributed by atoms with Crippen molar-refractivity contribution in [2.75, 3.05) is 31.1 Å². The molecule has 56 heavy (non-hydrogen) atoms. The fourth-order valence-electron chi connectivity index (χ4n) is 7.18. The number of pyridine rings is 1. The number of ether oxygens (including phenoxy) is 1. The van der Waals surface area contributed by atoms with Gasteiger partial charge in [-0.05, 0) is 112 Å². The van der Waals surface area contributed by atoms with Crippen LogP contribution in [0.3, 0.4) is 0 Å². The summed E-state index contributed by atoms with van der Waals surface area (Å²) in [6, 6.07) is 15.4. The van der Waals surface area contributed by atoms with E-state index in [4.69, 9.17) is 10.5 Å². The molecule has 0 radical (unpaired) electrons.